The summed E-state index contributed by atoms with van der Waals surface area (Å²) in [5.41, 5.74) is 0.0470. The number of hydrogen-bond acceptors (Lipinski definition) is 3. The van der Waals surface area contributed by atoms with E-state index in [1.165, 1.54) is 18.6 Å². The predicted octanol–water partition coefficient (Wildman–Crippen LogP) is 4.87. The number of rotatable bonds is 4. The Balaban J connectivity index is 1.32. The van der Waals surface area contributed by atoms with Crippen LogP contribution in [0.25, 0.3) is 10.4 Å². The highest BCUT2D eigenvalue weighted by Crippen LogP contribution is 2.57. The minimum atomic E-state index is -0.551. The Bertz CT molecular complexity index is 834. The molecule has 6 rings (SSSR count). The van der Waals surface area contributed by atoms with Gasteiger partial charge in [0.15, 0.2) is 0 Å². The summed E-state index contributed by atoms with van der Waals surface area (Å²) >= 11 is 1.55. The van der Waals surface area contributed by atoms with E-state index in [0.717, 1.165) is 54.5 Å². The van der Waals surface area contributed by atoms with E-state index in [1.54, 1.807) is 11.3 Å². The van der Waals surface area contributed by atoms with E-state index >= 15 is 0 Å². The standard InChI is InChI=1S/C21H23F2NOS/c22-15-1-3-17(18(23)6-15)19-4-2-16(26-19)11-24-20-7-13-5-14(8-20)10-21(25,9-13)12-20/h1-4,6,13-14,24-25H,5,7-12H2. The highest BCUT2D eigenvalue weighted by atomic mass is 32.1. The van der Waals surface area contributed by atoms with Gasteiger partial charge in [0, 0.05) is 33.5 Å². The fraction of sp³-hybridized carbons (Fsp3) is 0.524. The van der Waals surface area contributed by atoms with Gasteiger partial charge in [-0.1, -0.05) is 0 Å². The molecule has 26 heavy (non-hydrogen) atoms. The van der Waals surface area contributed by atoms with Crippen molar-refractivity contribution in [2.75, 3.05) is 0 Å². The van der Waals surface area contributed by atoms with Crippen molar-refractivity contribution in [2.45, 2.75) is 56.2 Å². The quantitative estimate of drug-likeness (QED) is 0.799. The molecule has 2 unspecified atom stereocenters. The number of hydrogen-bond donors (Lipinski definition) is 2. The van der Waals surface area contributed by atoms with Crippen LogP contribution >= 0.6 is 11.3 Å². The molecule has 4 aliphatic rings. The first-order valence-corrected chi connectivity index (χ1v) is 10.3. The predicted molar refractivity (Wildman–Crippen MR) is 98.9 cm³/mol. The van der Waals surface area contributed by atoms with Crippen LogP contribution in [0.3, 0.4) is 0 Å². The molecule has 4 fully saturated rings. The maximum absolute atomic E-state index is 14.0. The summed E-state index contributed by atoms with van der Waals surface area (Å²) in [6.07, 6.45) is 6.41. The fourth-order valence-corrected chi connectivity index (χ4v) is 6.98. The maximum atomic E-state index is 14.0. The second-order valence-electron chi connectivity index (χ2n) is 8.71. The summed E-state index contributed by atoms with van der Waals surface area (Å²) in [4.78, 5) is 1.97. The SMILES string of the molecule is OC12CC3CC(C1)CC(NCc1ccc(-c4ccc(F)cc4F)s1)(C3)C2. The van der Waals surface area contributed by atoms with Crippen molar-refractivity contribution in [3.05, 3.63) is 46.8 Å². The highest BCUT2D eigenvalue weighted by molar-refractivity contribution is 7.15. The molecular formula is C21H23F2NOS. The third kappa shape index (κ3) is 2.90. The van der Waals surface area contributed by atoms with Crippen molar-refractivity contribution in [1.82, 2.24) is 5.32 Å². The van der Waals surface area contributed by atoms with Crippen LogP contribution in [0.4, 0.5) is 8.78 Å². The molecule has 0 aliphatic heterocycles. The molecule has 2 nitrogen and oxygen atoms in total. The Kier molecular flexibility index (Phi) is 3.79. The molecule has 1 aromatic heterocycles. The lowest BCUT2D eigenvalue weighted by Gasteiger charge is -2.60. The lowest BCUT2D eigenvalue weighted by atomic mass is 9.51. The Morgan fingerprint density at radius 2 is 1.85 bits per heavy atom. The molecule has 2 aromatic rings. The van der Waals surface area contributed by atoms with Crippen LogP contribution < -0.4 is 5.32 Å². The van der Waals surface area contributed by atoms with E-state index in [1.807, 2.05) is 12.1 Å². The van der Waals surface area contributed by atoms with Crippen LogP contribution in [0.5, 0.6) is 0 Å². The van der Waals surface area contributed by atoms with E-state index in [9.17, 15) is 13.9 Å². The summed E-state index contributed by atoms with van der Waals surface area (Å²) in [5, 5.41) is 14.6. The maximum Gasteiger partial charge on any atom is 0.134 e. The molecule has 1 heterocycles. The number of aliphatic hydroxyl groups is 1. The third-order valence-electron chi connectivity index (χ3n) is 6.53. The zero-order chi connectivity index (χ0) is 17.9. The van der Waals surface area contributed by atoms with Crippen molar-refractivity contribution in [3.8, 4) is 10.4 Å². The van der Waals surface area contributed by atoms with Gasteiger partial charge in [0.2, 0.25) is 0 Å². The molecule has 2 atom stereocenters. The lowest BCUT2D eigenvalue weighted by molar-refractivity contribution is -0.142. The minimum Gasteiger partial charge on any atom is -0.390 e. The minimum absolute atomic E-state index is 0.0596. The molecule has 4 saturated carbocycles. The number of thiophene rings is 1. The van der Waals surface area contributed by atoms with Crippen molar-refractivity contribution < 1.29 is 13.9 Å². The molecule has 138 valence electrons. The molecule has 0 radical (unpaired) electrons. The van der Waals surface area contributed by atoms with Gasteiger partial charge < -0.3 is 10.4 Å². The van der Waals surface area contributed by atoms with E-state index in [-0.39, 0.29) is 5.54 Å². The molecule has 5 heteroatoms. The van der Waals surface area contributed by atoms with Crippen LogP contribution in [0, 0.1) is 23.5 Å². The molecule has 2 N–H and O–H groups in total. The zero-order valence-electron chi connectivity index (χ0n) is 14.6. The number of nitrogens with one attached hydrogen (secondary N) is 1. The van der Waals surface area contributed by atoms with E-state index in [2.05, 4.69) is 5.32 Å². The fourth-order valence-electron chi connectivity index (χ4n) is 6.00. The zero-order valence-corrected chi connectivity index (χ0v) is 15.4. The number of benzene rings is 1. The van der Waals surface area contributed by atoms with Crippen LogP contribution in [0.15, 0.2) is 30.3 Å². The average Bonchev–Trinajstić information content (AvgIpc) is 2.99. The summed E-state index contributed by atoms with van der Waals surface area (Å²) in [7, 11) is 0. The second kappa shape index (κ2) is 5.85. The molecule has 0 spiro atoms. The Morgan fingerprint density at radius 1 is 1.08 bits per heavy atom. The van der Waals surface area contributed by atoms with Crippen molar-refractivity contribution in [2.24, 2.45) is 11.8 Å². The molecule has 0 saturated heterocycles. The first-order valence-electron chi connectivity index (χ1n) is 9.44. The summed E-state index contributed by atoms with van der Waals surface area (Å²) in [6.45, 7) is 0.739. The first-order chi connectivity index (χ1) is 12.4. The van der Waals surface area contributed by atoms with Crippen LogP contribution in [-0.4, -0.2) is 16.2 Å². The van der Waals surface area contributed by atoms with Gasteiger partial charge in [-0.2, -0.15) is 0 Å². The van der Waals surface area contributed by atoms with Gasteiger partial charge in [0.1, 0.15) is 11.6 Å². The molecule has 0 amide bonds. The summed E-state index contributed by atoms with van der Waals surface area (Å²) < 4.78 is 27.1. The van der Waals surface area contributed by atoms with Crippen LogP contribution in [0.1, 0.15) is 43.4 Å². The van der Waals surface area contributed by atoms with Gasteiger partial charge in [-0.05, 0) is 74.6 Å². The first kappa shape index (κ1) is 16.8. The molecular weight excluding hydrogens is 352 g/mol. The highest BCUT2D eigenvalue weighted by Gasteiger charge is 2.56. The Labute approximate surface area is 156 Å². The van der Waals surface area contributed by atoms with Crippen molar-refractivity contribution in [1.29, 1.82) is 0 Å². The Morgan fingerprint density at radius 3 is 2.54 bits per heavy atom. The molecule has 4 aliphatic carbocycles. The monoisotopic (exact) mass is 375 g/mol. The summed E-state index contributed by atoms with van der Waals surface area (Å²) in [5.74, 6) is 0.237. The third-order valence-corrected chi connectivity index (χ3v) is 7.64. The van der Waals surface area contributed by atoms with Gasteiger partial charge in [-0.25, -0.2) is 8.78 Å². The van der Waals surface area contributed by atoms with Gasteiger partial charge in [0.05, 0.1) is 5.60 Å². The second-order valence-corrected chi connectivity index (χ2v) is 9.88. The van der Waals surface area contributed by atoms with E-state index < -0.39 is 17.2 Å². The normalized spacial score (nSPS) is 35.2. The largest absolute Gasteiger partial charge is 0.390 e. The van der Waals surface area contributed by atoms with Gasteiger partial charge >= 0.3 is 0 Å². The van der Waals surface area contributed by atoms with Gasteiger partial charge in [0.25, 0.3) is 0 Å². The lowest BCUT2D eigenvalue weighted by Crippen LogP contribution is -2.64. The summed E-state index contributed by atoms with van der Waals surface area (Å²) in [6, 6.07) is 7.66. The van der Waals surface area contributed by atoms with Crippen molar-refractivity contribution in [3.63, 3.8) is 0 Å². The van der Waals surface area contributed by atoms with Crippen LogP contribution in [-0.2, 0) is 6.54 Å². The van der Waals surface area contributed by atoms with E-state index in [0.29, 0.717) is 17.4 Å². The van der Waals surface area contributed by atoms with Crippen LogP contribution in [0.2, 0.25) is 0 Å². The van der Waals surface area contributed by atoms with Gasteiger partial charge in [-0.15, -0.1) is 11.3 Å². The topological polar surface area (TPSA) is 32.3 Å². The molecule has 4 bridgehead atoms. The smallest absolute Gasteiger partial charge is 0.134 e. The van der Waals surface area contributed by atoms with E-state index in [4.69, 9.17) is 0 Å². The number of halogens is 2. The Hall–Kier alpha value is -1.30. The molecule has 1 aromatic carbocycles. The van der Waals surface area contributed by atoms with Crippen molar-refractivity contribution >= 4 is 11.3 Å². The average molecular weight is 375 g/mol. The van der Waals surface area contributed by atoms with Gasteiger partial charge in [-0.3, -0.25) is 0 Å².